The van der Waals surface area contributed by atoms with Crippen molar-refractivity contribution in [2.75, 3.05) is 0 Å². The van der Waals surface area contributed by atoms with E-state index in [1.165, 1.54) is 43.5 Å². The molecule has 0 saturated carbocycles. The fourth-order valence-corrected chi connectivity index (χ4v) is 5.26. The molecule has 4 aromatic carbocycles. The second kappa shape index (κ2) is 5.84. The van der Waals surface area contributed by atoms with Crippen molar-refractivity contribution in [1.29, 1.82) is 0 Å². The summed E-state index contributed by atoms with van der Waals surface area (Å²) in [6.45, 7) is 0. The van der Waals surface area contributed by atoms with Gasteiger partial charge in [-0.05, 0) is 70.1 Å². The molecule has 30 heavy (non-hydrogen) atoms. The van der Waals surface area contributed by atoms with Crippen molar-refractivity contribution in [3.05, 3.63) is 89.2 Å². The molecular weight excluding hydrogens is 388 g/mol. The molecule has 1 aliphatic carbocycles. The highest BCUT2D eigenvalue weighted by Gasteiger charge is 2.20. The lowest BCUT2D eigenvalue weighted by atomic mass is 9.97. The molecule has 0 aliphatic heterocycles. The molecule has 0 atom stereocenters. The van der Waals surface area contributed by atoms with Gasteiger partial charge in [0.05, 0.1) is 16.9 Å². The first kappa shape index (κ1) is 16.4. The predicted octanol–water partition coefficient (Wildman–Crippen LogP) is 7.56. The summed E-state index contributed by atoms with van der Waals surface area (Å²) in [5.41, 5.74) is 4.64. The van der Waals surface area contributed by atoms with Crippen LogP contribution in [-0.4, -0.2) is 9.38 Å². The Labute approximate surface area is 178 Å². The number of halogens is 1. The van der Waals surface area contributed by atoms with Gasteiger partial charge < -0.3 is 0 Å². The minimum atomic E-state index is 0.764. The van der Waals surface area contributed by atoms with Crippen LogP contribution in [0.5, 0.6) is 0 Å². The van der Waals surface area contributed by atoms with Gasteiger partial charge in [0.1, 0.15) is 5.65 Å². The number of fused-ring (bicyclic) bond motifs is 11. The van der Waals surface area contributed by atoms with Gasteiger partial charge in [0, 0.05) is 15.8 Å². The molecule has 7 rings (SSSR count). The van der Waals surface area contributed by atoms with Gasteiger partial charge in [-0.15, -0.1) is 0 Å². The molecule has 1 aliphatic rings. The SMILES string of the molecule is Clc1ccc2cc3c4ccc5ccccc5c4c4nc5c(n4c3cc2c1)CCC=C5. The quantitative estimate of drug-likeness (QED) is 0.188. The Kier molecular flexibility index (Phi) is 3.20. The number of nitrogens with zero attached hydrogens (tertiary/aromatic N) is 2. The number of aromatic nitrogens is 2. The van der Waals surface area contributed by atoms with Crippen LogP contribution >= 0.6 is 11.6 Å². The molecule has 0 N–H and O–H groups in total. The zero-order chi connectivity index (χ0) is 19.8. The monoisotopic (exact) mass is 404 g/mol. The lowest BCUT2D eigenvalue weighted by Crippen LogP contribution is -1.99. The van der Waals surface area contributed by atoms with E-state index in [1.807, 2.05) is 6.07 Å². The van der Waals surface area contributed by atoms with Crippen molar-refractivity contribution in [1.82, 2.24) is 9.38 Å². The molecule has 142 valence electrons. The van der Waals surface area contributed by atoms with Crippen molar-refractivity contribution >= 4 is 66.5 Å². The summed E-state index contributed by atoms with van der Waals surface area (Å²) < 4.78 is 2.39. The fraction of sp³-hybridized carbons (Fsp3) is 0.0741. The molecule has 6 aromatic rings. The van der Waals surface area contributed by atoms with E-state index >= 15 is 0 Å². The minimum absolute atomic E-state index is 0.764. The molecule has 0 spiro atoms. The van der Waals surface area contributed by atoms with Crippen LogP contribution in [0.15, 0.2) is 72.8 Å². The zero-order valence-corrected chi connectivity index (χ0v) is 16.9. The maximum absolute atomic E-state index is 6.31. The molecule has 0 saturated heterocycles. The Morgan fingerprint density at radius 1 is 0.800 bits per heavy atom. The van der Waals surface area contributed by atoms with Gasteiger partial charge in [-0.25, -0.2) is 4.98 Å². The van der Waals surface area contributed by atoms with E-state index in [-0.39, 0.29) is 0 Å². The van der Waals surface area contributed by atoms with Crippen molar-refractivity contribution in [2.24, 2.45) is 0 Å². The Balaban J connectivity index is 1.83. The number of aryl methyl sites for hydroxylation is 1. The van der Waals surface area contributed by atoms with Crippen LogP contribution in [0.25, 0.3) is 54.9 Å². The number of allylic oxidation sites excluding steroid dienone is 1. The van der Waals surface area contributed by atoms with Crippen LogP contribution in [0, 0.1) is 0 Å². The number of rotatable bonds is 0. The predicted molar refractivity (Wildman–Crippen MR) is 128 cm³/mol. The summed E-state index contributed by atoms with van der Waals surface area (Å²) in [7, 11) is 0. The molecule has 2 aromatic heterocycles. The van der Waals surface area contributed by atoms with Crippen LogP contribution in [0.2, 0.25) is 5.02 Å². The first-order chi connectivity index (χ1) is 14.8. The summed E-state index contributed by atoms with van der Waals surface area (Å²) in [4.78, 5) is 5.13. The Hall–Kier alpha value is -3.36. The molecular formula is C27H17ClN2. The van der Waals surface area contributed by atoms with Crippen molar-refractivity contribution in [2.45, 2.75) is 12.8 Å². The Morgan fingerprint density at radius 3 is 2.67 bits per heavy atom. The van der Waals surface area contributed by atoms with Crippen LogP contribution < -0.4 is 0 Å². The smallest absolute Gasteiger partial charge is 0.146 e. The summed E-state index contributed by atoms with van der Waals surface area (Å²) in [6, 6.07) is 23.8. The Bertz CT molecular complexity index is 1710. The van der Waals surface area contributed by atoms with Gasteiger partial charge in [-0.1, -0.05) is 60.1 Å². The molecule has 3 heteroatoms. The Morgan fingerprint density at radius 2 is 1.70 bits per heavy atom. The van der Waals surface area contributed by atoms with Crippen LogP contribution in [0.3, 0.4) is 0 Å². The number of pyridine rings is 1. The number of hydrogen-bond acceptors (Lipinski definition) is 1. The first-order valence-electron chi connectivity index (χ1n) is 10.3. The molecule has 0 fully saturated rings. The molecule has 0 bridgehead atoms. The van der Waals surface area contributed by atoms with E-state index in [0.717, 1.165) is 34.6 Å². The van der Waals surface area contributed by atoms with E-state index < -0.39 is 0 Å². The molecule has 2 nitrogen and oxygen atoms in total. The second-order valence-corrected chi connectivity index (χ2v) is 8.55. The van der Waals surface area contributed by atoms with E-state index in [9.17, 15) is 0 Å². The number of benzene rings is 4. The van der Waals surface area contributed by atoms with E-state index in [1.54, 1.807) is 0 Å². The van der Waals surface area contributed by atoms with Gasteiger partial charge >= 0.3 is 0 Å². The van der Waals surface area contributed by atoms with Crippen LogP contribution in [0.1, 0.15) is 17.8 Å². The van der Waals surface area contributed by atoms with E-state index in [0.29, 0.717) is 0 Å². The minimum Gasteiger partial charge on any atom is -0.295 e. The normalized spacial score (nSPS) is 13.8. The third-order valence-corrected chi connectivity index (χ3v) is 6.66. The molecule has 2 heterocycles. The summed E-state index contributed by atoms with van der Waals surface area (Å²) >= 11 is 6.31. The second-order valence-electron chi connectivity index (χ2n) is 8.11. The van der Waals surface area contributed by atoms with Gasteiger partial charge in [0.2, 0.25) is 0 Å². The lowest BCUT2D eigenvalue weighted by molar-refractivity contribution is 0.922. The first-order valence-corrected chi connectivity index (χ1v) is 10.7. The maximum Gasteiger partial charge on any atom is 0.146 e. The van der Waals surface area contributed by atoms with Crippen LogP contribution in [-0.2, 0) is 6.42 Å². The van der Waals surface area contributed by atoms with E-state index in [4.69, 9.17) is 16.6 Å². The fourth-order valence-electron chi connectivity index (χ4n) is 5.08. The third-order valence-electron chi connectivity index (χ3n) is 6.43. The van der Waals surface area contributed by atoms with Gasteiger partial charge in [0.25, 0.3) is 0 Å². The lowest BCUT2D eigenvalue weighted by Gasteiger charge is -2.14. The summed E-state index contributed by atoms with van der Waals surface area (Å²) in [5, 5.41) is 9.36. The van der Waals surface area contributed by atoms with Crippen LogP contribution in [0.4, 0.5) is 0 Å². The topological polar surface area (TPSA) is 17.3 Å². The average molecular weight is 405 g/mol. The van der Waals surface area contributed by atoms with E-state index in [2.05, 4.69) is 77.2 Å². The van der Waals surface area contributed by atoms with Gasteiger partial charge in [-0.3, -0.25) is 4.40 Å². The maximum atomic E-state index is 6.31. The third kappa shape index (κ3) is 2.12. The van der Waals surface area contributed by atoms with Gasteiger partial charge in [-0.2, -0.15) is 0 Å². The van der Waals surface area contributed by atoms with Crippen molar-refractivity contribution < 1.29 is 0 Å². The molecule has 0 amide bonds. The number of hydrogen-bond donors (Lipinski definition) is 0. The highest BCUT2D eigenvalue weighted by Crippen LogP contribution is 2.38. The largest absolute Gasteiger partial charge is 0.295 e. The average Bonchev–Trinajstić information content (AvgIpc) is 3.17. The molecule has 0 radical (unpaired) electrons. The summed E-state index contributed by atoms with van der Waals surface area (Å²) in [6.07, 6.45) is 6.46. The molecule has 0 unspecified atom stereocenters. The van der Waals surface area contributed by atoms with Crippen molar-refractivity contribution in [3.8, 4) is 0 Å². The summed E-state index contributed by atoms with van der Waals surface area (Å²) in [5.74, 6) is 0. The highest BCUT2D eigenvalue weighted by molar-refractivity contribution is 6.31. The standard InChI is InChI=1S/C27H17ClN2/c28-19-11-9-17-14-22-21-12-10-16-5-1-2-6-20(16)26(21)27-29-23-7-3-4-8-24(23)30(27)25(22)15-18(17)13-19/h1-3,5-7,9-15H,4,8H2. The van der Waals surface area contributed by atoms with Gasteiger partial charge in [0.15, 0.2) is 0 Å². The number of imidazole rings is 1. The highest BCUT2D eigenvalue weighted by atomic mass is 35.5. The zero-order valence-electron chi connectivity index (χ0n) is 16.2. The van der Waals surface area contributed by atoms with Crippen molar-refractivity contribution in [3.63, 3.8) is 0 Å².